The van der Waals surface area contributed by atoms with Crippen molar-refractivity contribution in [3.8, 4) is 0 Å². The first-order chi connectivity index (χ1) is 9.24. The van der Waals surface area contributed by atoms with Crippen molar-refractivity contribution in [2.75, 3.05) is 6.54 Å². The van der Waals surface area contributed by atoms with Crippen molar-refractivity contribution >= 4 is 15.9 Å². The SMILES string of the molecule is CCCNC(CCC(F)(F)F)c1c(F)cc(Br)cc1F. The molecule has 0 spiro atoms. The summed E-state index contributed by atoms with van der Waals surface area (Å²) in [4.78, 5) is 0. The molecule has 1 N–H and O–H groups in total. The summed E-state index contributed by atoms with van der Waals surface area (Å²) in [5, 5.41) is 2.76. The van der Waals surface area contributed by atoms with Crippen molar-refractivity contribution in [1.82, 2.24) is 5.32 Å². The smallest absolute Gasteiger partial charge is 0.310 e. The molecule has 0 heterocycles. The summed E-state index contributed by atoms with van der Waals surface area (Å²) in [6.45, 7) is 2.21. The summed E-state index contributed by atoms with van der Waals surface area (Å²) >= 11 is 2.94. The third kappa shape index (κ3) is 5.36. The Balaban J connectivity index is 2.98. The highest BCUT2D eigenvalue weighted by atomic mass is 79.9. The van der Waals surface area contributed by atoms with Gasteiger partial charge in [0.15, 0.2) is 0 Å². The average Bonchev–Trinajstić information content (AvgIpc) is 2.29. The van der Waals surface area contributed by atoms with Crippen LogP contribution < -0.4 is 5.32 Å². The lowest BCUT2D eigenvalue weighted by Crippen LogP contribution is -2.26. The van der Waals surface area contributed by atoms with Gasteiger partial charge >= 0.3 is 6.18 Å². The second-order valence-electron chi connectivity index (χ2n) is 4.44. The maximum absolute atomic E-state index is 13.8. The Morgan fingerprint density at radius 2 is 1.75 bits per heavy atom. The molecular weight excluding hydrogens is 345 g/mol. The van der Waals surface area contributed by atoms with E-state index >= 15 is 0 Å². The van der Waals surface area contributed by atoms with Gasteiger partial charge in [-0.15, -0.1) is 0 Å². The second kappa shape index (κ2) is 7.36. The van der Waals surface area contributed by atoms with Crippen LogP contribution in [0.5, 0.6) is 0 Å². The monoisotopic (exact) mass is 359 g/mol. The third-order valence-corrected chi connectivity index (χ3v) is 3.21. The van der Waals surface area contributed by atoms with E-state index in [0.717, 1.165) is 12.1 Å². The van der Waals surface area contributed by atoms with E-state index in [1.165, 1.54) is 0 Å². The van der Waals surface area contributed by atoms with Gasteiger partial charge in [-0.25, -0.2) is 8.78 Å². The molecule has 0 aliphatic rings. The fraction of sp³-hybridized carbons (Fsp3) is 0.538. The number of halogens is 6. The first-order valence-corrected chi connectivity index (χ1v) is 6.98. The Morgan fingerprint density at radius 1 is 1.20 bits per heavy atom. The second-order valence-corrected chi connectivity index (χ2v) is 5.36. The summed E-state index contributed by atoms with van der Waals surface area (Å²) in [5.41, 5.74) is -0.342. The van der Waals surface area contributed by atoms with Crippen molar-refractivity contribution in [3.63, 3.8) is 0 Å². The van der Waals surface area contributed by atoms with E-state index in [1.54, 1.807) is 0 Å². The van der Waals surface area contributed by atoms with Crippen LogP contribution in [0.2, 0.25) is 0 Å². The van der Waals surface area contributed by atoms with Gasteiger partial charge in [0.2, 0.25) is 0 Å². The quantitative estimate of drug-likeness (QED) is 0.696. The largest absolute Gasteiger partial charge is 0.389 e. The summed E-state index contributed by atoms with van der Waals surface area (Å²) in [6.07, 6.45) is -5.20. The molecule has 0 aromatic heterocycles. The summed E-state index contributed by atoms with van der Waals surface area (Å²) in [7, 11) is 0. The van der Waals surface area contributed by atoms with Crippen molar-refractivity contribution < 1.29 is 22.0 Å². The molecular formula is C13H15BrF5N. The van der Waals surface area contributed by atoms with E-state index in [-0.39, 0.29) is 10.0 Å². The molecule has 0 saturated heterocycles. The van der Waals surface area contributed by atoms with Crippen LogP contribution in [0, 0.1) is 11.6 Å². The van der Waals surface area contributed by atoms with E-state index in [4.69, 9.17) is 0 Å². The van der Waals surface area contributed by atoms with E-state index in [1.807, 2.05) is 6.92 Å². The molecule has 1 nitrogen and oxygen atoms in total. The lowest BCUT2D eigenvalue weighted by atomic mass is 10.0. The van der Waals surface area contributed by atoms with Crippen LogP contribution in [0.1, 0.15) is 37.8 Å². The number of hydrogen-bond donors (Lipinski definition) is 1. The van der Waals surface area contributed by atoms with Crippen molar-refractivity contribution in [3.05, 3.63) is 33.8 Å². The molecule has 0 aliphatic heterocycles. The van der Waals surface area contributed by atoms with Gasteiger partial charge in [-0.2, -0.15) is 13.2 Å². The fourth-order valence-corrected chi connectivity index (χ4v) is 2.26. The molecule has 0 aliphatic carbocycles. The Kier molecular flexibility index (Phi) is 6.39. The van der Waals surface area contributed by atoms with E-state index in [2.05, 4.69) is 21.2 Å². The van der Waals surface area contributed by atoms with Crippen LogP contribution in [0.15, 0.2) is 16.6 Å². The van der Waals surface area contributed by atoms with Crippen LogP contribution in [0.3, 0.4) is 0 Å². The molecule has 114 valence electrons. The number of alkyl halides is 3. The predicted octanol–water partition coefficient (Wildman–Crippen LogP) is 5.11. The first-order valence-electron chi connectivity index (χ1n) is 6.19. The van der Waals surface area contributed by atoms with Crippen molar-refractivity contribution in [1.29, 1.82) is 0 Å². The molecule has 1 aromatic carbocycles. The number of rotatable bonds is 6. The highest BCUT2D eigenvalue weighted by molar-refractivity contribution is 9.10. The minimum Gasteiger partial charge on any atom is -0.310 e. The van der Waals surface area contributed by atoms with Crippen LogP contribution in [-0.4, -0.2) is 12.7 Å². The molecule has 7 heteroatoms. The maximum atomic E-state index is 13.8. The summed E-state index contributed by atoms with van der Waals surface area (Å²) in [6, 6.07) is 1.10. The summed E-state index contributed by atoms with van der Waals surface area (Å²) in [5.74, 6) is -1.71. The molecule has 0 bridgehead atoms. The van der Waals surface area contributed by atoms with E-state index in [9.17, 15) is 22.0 Å². The van der Waals surface area contributed by atoms with E-state index in [0.29, 0.717) is 13.0 Å². The van der Waals surface area contributed by atoms with Gasteiger partial charge < -0.3 is 5.32 Å². The molecule has 1 rings (SSSR count). The zero-order chi connectivity index (χ0) is 15.3. The summed E-state index contributed by atoms with van der Waals surface area (Å²) < 4.78 is 64.7. The molecule has 20 heavy (non-hydrogen) atoms. The Hall–Kier alpha value is -0.690. The first kappa shape index (κ1) is 17.4. The highest BCUT2D eigenvalue weighted by Crippen LogP contribution is 2.31. The van der Waals surface area contributed by atoms with Crippen LogP contribution in [0.25, 0.3) is 0 Å². The average molecular weight is 360 g/mol. The van der Waals surface area contributed by atoms with Gasteiger partial charge in [-0.05, 0) is 31.5 Å². The third-order valence-electron chi connectivity index (χ3n) is 2.75. The van der Waals surface area contributed by atoms with Crippen LogP contribution >= 0.6 is 15.9 Å². The fourth-order valence-electron chi connectivity index (χ4n) is 1.86. The van der Waals surface area contributed by atoms with Gasteiger partial charge in [-0.1, -0.05) is 22.9 Å². The van der Waals surface area contributed by atoms with E-state index < -0.39 is 36.7 Å². The number of nitrogens with one attached hydrogen (secondary N) is 1. The normalized spacial score (nSPS) is 13.6. The van der Waals surface area contributed by atoms with Gasteiger partial charge in [0.1, 0.15) is 11.6 Å². The minimum absolute atomic E-state index is 0.210. The highest BCUT2D eigenvalue weighted by Gasteiger charge is 2.30. The standard InChI is InChI=1S/C13H15BrF5N/c1-2-5-20-11(3-4-13(17,18)19)12-9(15)6-8(14)7-10(12)16/h6-7,11,20H,2-5H2,1H3. The molecule has 0 fully saturated rings. The molecule has 0 radical (unpaired) electrons. The molecule has 1 atom stereocenters. The zero-order valence-corrected chi connectivity index (χ0v) is 12.4. The van der Waals surface area contributed by atoms with Crippen molar-refractivity contribution in [2.45, 2.75) is 38.4 Å². The Labute approximate surface area is 122 Å². The topological polar surface area (TPSA) is 12.0 Å². The van der Waals surface area contributed by atoms with Gasteiger partial charge in [0.25, 0.3) is 0 Å². The van der Waals surface area contributed by atoms with Gasteiger partial charge in [0, 0.05) is 22.5 Å². The lowest BCUT2D eigenvalue weighted by Gasteiger charge is -2.21. The molecule has 0 saturated carbocycles. The lowest BCUT2D eigenvalue weighted by molar-refractivity contribution is -0.136. The van der Waals surface area contributed by atoms with Crippen LogP contribution in [-0.2, 0) is 0 Å². The van der Waals surface area contributed by atoms with Crippen LogP contribution in [0.4, 0.5) is 22.0 Å². The maximum Gasteiger partial charge on any atom is 0.389 e. The molecule has 0 amide bonds. The zero-order valence-electron chi connectivity index (χ0n) is 10.8. The molecule has 1 unspecified atom stereocenters. The minimum atomic E-state index is -4.35. The predicted molar refractivity (Wildman–Crippen MR) is 70.4 cm³/mol. The van der Waals surface area contributed by atoms with Gasteiger partial charge in [0.05, 0.1) is 0 Å². The Morgan fingerprint density at radius 3 is 2.20 bits per heavy atom. The number of hydrogen-bond acceptors (Lipinski definition) is 1. The van der Waals surface area contributed by atoms with Crippen molar-refractivity contribution in [2.24, 2.45) is 0 Å². The number of benzene rings is 1. The molecule has 1 aromatic rings. The van der Waals surface area contributed by atoms with Gasteiger partial charge in [-0.3, -0.25) is 0 Å². The Bertz CT molecular complexity index is 424.